The molecule has 1 aromatic rings. The SMILES string of the molecule is Cc1ccc(N(C)C(=O)[C@@H]2CC=CC[C@@H]2C(=O)O)c(C)c1. The number of nitrogens with zero attached hydrogens (tertiary/aromatic N) is 1. The van der Waals surface area contributed by atoms with Gasteiger partial charge in [0, 0.05) is 12.7 Å². The summed E-state index contributed by atoms with van der Waals surface area (Å²) in [5, 5.41) is 9.30. The Balaban J connectivity index is 2.25. The highest BCUT2D eigenvalue weighted by Crippen LogP contribution is 2.30. The predicted molar refractivity (Wildman–Crippen MR) is 82.3 cm³/mol. The van der Waals surface area contributed by atoms with E-state index in [2.05, 4.69) is 0 Å². The minimum atomic E-state index is -0.897. The highest BCUT2D eigenvalue weighted by molar-refractivity contribution is 5.97. The van der Waals surface area contributed by atoms with Gasteiger partial charge in [-0.3, -0.25) is 9.59 Å². The molecule has 1 amide bonds. The molecule has 0 radical (unpaired) electrons. The first-order valence-corrected chi connectivity index (χ1v) is 7.14. The minimum absolute atomic E-state index is 0.126. The van der Waals surface area contributed by atoms with Crippen molar-refractivity contribution >= 4 is 17.6 Å². The van der Waals surface area contributed by atoms with Crippen molar-refractivity contribution in [2.45, 2.75) is 26.7 Å². The van der Waals surface area contributed by atoms with Gasteiger partial charge < -0.3 is 10.0 Å². The van der Waals surface area contributed by atoms with Crippen LogP contribution in [0.2, 0.25) is 0 Å². The molecule has 2 rings (SSSR count). The van der Waals surface area contributed by atoms with E-state index in [1.807, 2.05) is 44.2 Å². The number of carbonyl (C=O) groups is 2. The maximum atomic E-state index is 12.7. The van der Waals surface area contributed by atoms with Gasteiger partial charge in [0.15, 0.2) is 0 Å². The fourth-order valence-corrected chi connectivity index (χ4v) is 2.91. The van der Waals surface area contributed by atoms with E-state index in [0.29, 0.717) is 12.8 Å². The number of anilines is 1. The van der Waals surface area contributed by atoms with Gasteiger partial charge in [-0.2, -0.15) is 0 Å². The summed E-state index contributed by atoms with van der Waals surface area (Å²) in [5.41, 5.74) is 2.99. The molecule has 1 aliphatic rings. The molecule has 0 heterocycles. The van der Waals surface area contributed by atoms with Gasteiger partial charge in [0.2, 0.25) is 5.91 Å². The third-order valence-electron chi connectivity index (χ3n) is 4.11. The Kier molecular flexibility index (Phi) is 4.46. The number of carboxylic acids is 1. The van der Waals surface area contributed by atoms with Crippen LogP contribution >= 0.6 is 0 Å². The third-order valence-corrected chi connectivity index (χ3v) is 4.11. The van der Waals surface area contributed by atoms with Crippen LogP contribution in [0.1, 0.15) is 24.0 Å². The Morgan fingerprint density at radius 3 is 2.33 bits per heavy atom. The lowest BCUT2D eigenvalue weighted by atomic mass is 9.82. The molecular formula is C17H21NO3. The van der Waals surface area contributed by atoms with Gasteiger partial charge in [-0.25, -0.2) is 0 Å². The molecule has 0 fully saturated rings. The molecule has 0 saturated carbocycles. The van der Waals surface area contributed by atoms with Crippen molar-refractivity contribution in [1.29, 1.82) is 0 Å². The molecule has 21 heavy (non-hydrogen) atoms. The second-order valence-corrected chi connectivity index (χ2v) is 5.68. The quantitative estimate of drug-likeness (QED) is 0.870. The molecule has 2 atom stereocenters. The van der Waals surface area contributed by atoms with E-state index < -0.39 is 17.8 Å². The Bertz CT molecular complexity index is 592. The summed E-state index contributed by atoms with van der Waals surface area (Å²) in [6.07, 6.45) is 4.66. The van der Waals surface area contributed by atoms with Gasteiger partial charge in [0.25, 0.3) is 0 Å². The largest absolute Gasteiger partial charge is 0.481 e. The molecule has 1 N–H and O–H groups in total. The molecule has 0 aliphatic heterocycles. The zero-order valence-electron chi connectivity index (χ0n) is 12.7. The van der Waals surface area contributed by atoms with E-state index in [9.17, 15) is 14.7 Å². The molecule has 0 saturated heterocycles. The number of hydrogen-bond acceptors (Lipinski definition) is 2. The normalized spacial score (nSPS) is 21.1. The fraction of sp³-hybridized carbons (Fsp3) is 0.412. The number of carboxylic acid groups (broad SMARTS) is 1. The van der Waals surface area contributed by atoms with Crippen molar-refractivity contribution in [3.05, 3.63) is 41.5 Å². The van der Waals surface area contributed by atoms with Crippen molar-refractivity contribution < 1.29 is 14.7 Å². The molecule has 0 aromatic heterocycles. The number of benzene rings is 1. The molecule has 1 aromatic carbocycles. The average Bonchev–Trinajstić information content (AvgIpc) is 2.45. The topological polar surface area (TPSA) is 57.6 Å². The summed E-state index contributed by atoms with van der Waals surface area (Å²) in [6.45, 7) is 3.96. The molecule has 112 valence electrons. The van der Waals surface area contributed by atoms with Gasteiger partial charge in [-0.1, -0.05) is 29.8 Å². The Morgan fingerprint density at radius 1 is 1.14 bits per heavy atom. The lowest BCUT2D eigenvalue weighted by molar-refractivity contribution is -0.146. The summed E-state index contributed by atoms with van der Waals surface area (Å²) in [5.74, 6) is -2.14. The number of carbonyl (C=O) groups excluding carboxylic acids is 1. The summed E-state index contributed by atoms with van der Waals surface area (Å²) in [6, 6.07) is 5.90. The van der Waals surface area contributed by atoms with Crippen LogP contribution in [0.15, 0.2) is 30.4 Å². The Hall–Kier alpha value is -2.10. The smallest absolute Gasteiger partial charge is 0.307 e. The van der Waals surface area contributed by atoms with Crippen LogP contribution in [0.3, 0.4) is 0 Å². The Labute approximate surface area is 125 Å². The van der Waals surface area contributed by atoms with Gasteiger partial charge >= 0.3 is 5.97 Å². The number of rotatable bonds is 3. The van der Waals surface area contributed by atoms with Gasteiger partial charge in [-0.05, 0) is 38.3 Å². The molecule has 4 nitrogen and oxygen atoms in total. The number of aryl methyl sites for hydroxylation is 2. The maximum absolute atomic E-state index is 12.7. The summed E-state index contributed by atoms with van der Waals surface area (Å²) in [7, 11) is 1.72. The van der Waals surface area contributed by atoms with Crippen molar-refractivity contribution in [2.24, 2.45) is 11.8 Å². The molecule has 0 bridgehead atoms. The van der Waals surface area contributed by atoms with Crippen molar-refractivity contribution in [3.63, 3.8) is 0 Å². The van der Waals surface area contributed by atoms with Gasteiger partial charge in [0.05, 0.1) is 11.8 Å². The second-order valence-electron chi connectivity index (χ2n) is 5.68. The fourth-order valence-electron chi connectivity index (χ4n) is 2.91. The predicted octanol–water partition coefficient (Wildman–Crippen LogP) is 2.93. The first kappa shape index (κ1) is 15.3. The molecule has 0 unspecified atom stereocenters. The van der Waals surface area contributed by atoms with E-state index in [0.717, 1.165) is 16.8 Å². The highest BCUT2D eigenvalue weighted by atomic mass is 16.4. The number of allylic oxidation sites excluding steroid dienone is 2. The molecule has 0 spiro atoms. The number of amides is 1. The zero-order valence-corrected chi connectivity index (χ0v) is 12.7. The Morgan fingerprint density at radius 2 is 1.76 bits per heavy atom. The van der Waals surface area contributed by atoms with E-state index in [-0.39, 0.29) is 5.91 Å². The monoisotopic (exact) mass is 287 g/mol. The van der Waals surface area contributed by atoms with E-state index in [1.54, 1.807) is 11.9 Å². The summed E-state index contributed by atoms with van der Waals surface area (Å²) >= 11 is 0. The maximum Gasteiger partial charge on any atom is 0.307 e. The van der Waals surface area contributed by atoms with Gasteiger partial charge in [-0.15, -0.1) is 0 Å². The van der Waals surface area contributed by atoms with Crippen LogP contribution in [0, 0.1) is 25.7 Å². The van der Waals surface area contributed by atoms with Gasteiger partial charge in [0.1, 0.15) is 0 Å². The standard InChI is InChI=1S/C17H21NO3/c1-11-8-9-15(12(2)10-11)18(3)16(19)13-6-4-5-7-14(13)17(20)21/h4-5,8-10,13-14H,6-7H2,1-3H3,(H,20,21)/t13-,14+/m1/s1. The summed E-state index contributed by atoms with van der Waals surface area (Å²) in [4.78, 5) is 25.6. The molecular weight excluding hydrogens is 266 g/mol. The average molecular weight is 287 g/mol. The van der Waals surface area contributed by atoms with Crippen molar-refractivity contribution in [1.82, 2.24) is 0 Å². The van der Waals surface area contributed by atoms with Crippen LogP contribution in [0.4, 0.5) is 5.69 Å². The molecule has 4 heteroatoms. The summed E-state index contributed by atoms with van der Waals surface area (Å²) < 4.78 is 0. The van der Waals surface area contributed by atoms with E-state index >= 15 is 0 Å². The molecule has 1 aliphatic carbocycles. The lowest BCUT2D eigenvalue weighted by Crippen LogP contribution is -2.40. The third kappa shape index (κ3) is 3.15. The zero-order chi connectivity index (χ0) is 15.6. The van der Waals surface area contributed by atoms with Crippen LogP contribution in [-0.4, -0.2) is 24.0 Å². The lowest BCUT2D eigenvalue weighted by Gasteiger charge is -2.29. The van der Waals surface area contributed by atoms with Crippen LogP contribution in [0.5, 0.6) is 0 Å². The minimum Gasteiger partial charge on any atom is -0.481 e. The van der Waals surface area contributed by atoms with Crippen molar-refractivity contribution in [2.75, 3.05) is 11.9 Å². The van der Waals surface area contributed by atoms with Crippen LogP contribution in [-0.2, 0) is 9.59 Å². The first-order chi connectivity index (χ1) is 9.91. The van der Waals surface area contributed by atoms with E-state index in [4.69, 9.17) is 0 Å². The van der Waals surface area contributed by atoms with Crippen LogP contribution in [0.25, 0.3) is 0 Å². The van der Waals surface area contributed by atoms with Crippen molar-refractivity contribution in [3.8, 4) is 0 Å². The first-order valence-electron chi connectivity index (χ1n) is 7.14. The second kappa shape index (κ2) is 6.12. The highest BCUT2D eigenvalue weighted by Gasteiger charge is 2.35. The number of aliphatic carboxylic acids is 1. The van der Waals surface area contributed by atoms with E-state index in [1.165, 1.54) is 0 Å². The number of hydrogen-bond donors (Lipinski definition) is 1. The van der Waals surface area contributed by atoms with Crippen LogP contribution < -0.4 is 4.90 Å².